The van der Waals surface area contributed by atoms with Crippen molar-refractivity contribution in [1.29, 1.82) is 0 Å². The van der Waals surface area contributed by atoms with E-state index in [9.17, 15) is 14.0 Å². The van der Waals surface area contributed by atoms with Crippen LogP contribution in [0.25, 0.3) is 6.08 Å². The highest BCUT2D eigenvalue weighted by molar-refractivity contribution is 7.81. The number of ketones is 1. The molecule has 1 saturated carbocycles. The van der Waals surface area contributed by atoms with Crippen LogP contribution in [0.2, 0.25) is 0 Å². The summed E-state index contributed by atoms with van der Waals surface area (Å²) < 4.78 is 16.2. The molecule has 2 aliphatic rings. The van der Waals surface area contributed by atoms with E-state index in [1.807, 2.05) is 12.1 Å². The Balaban J connectivity index is 1.55. The summed E-state index contributed by atoms with van der Waals surface area (Å²) in [5.41, 5.74) is 4.40. The highest BCUT2D eigenvalue weighted by Gasteiger charge is 2.40. The van der Waals surface area contributed by atoms with Crippen LogP contribution in [0.1, 0.15) is 36.6 Å². The third kappa shape index (κ3) is 5.28. The number of Topliss-reactive ketones (excluding diaryl/α,β-unsaturated/α-hetero) is 1. The van der Waals surface area contributed by atoms with Crippen molar-refractivity contribution in [3.63, 3.8) is 0 Å². The molecule has 4 rings (SSSR count). The number of nitrogens with one attached hydrogen (secondary N) is 1. The number of nitrogens with zero attached hydrogens (tertiary/aromatic N) is 3. The van der Waals surface area contributed by atoms with Crippen LogP contribution >= 0.6 is 12.6 Å². The molecule has 1 aliphatic heterocycles. The minimum absolute atomic E-state index is 0.0190. The average Bonchev–Trinajstić information content (AvgIpc) is 3.53. The molecule has 2 unspecified atom stereocenters. The first-order valence-electron chi connectivity index (χ1n) is 10.7. The predicted octanol–water partition coefficient (Wildman–Crippen LogP) is 2.81. The van der Waals surface area contributed by atoms with E-state index < -0.39 is 6.04 Å². The first kappa shape index (κ1) is 22.7. The van der Waals surface area contributed by atoms with Crippen LogP contribution in [0.15, 0.2) is 42.1 Å². The van der Waals surface area contributed by atoms with Crippen molar-refractivity contribution < 1.29 is 18.8 Å². The molecule has 1 amide bonds. The zero-order chi connectivity index (χ0) is 22.7. The Kier molecular flexibility index (Phi) is 7.07. The summed E-state index contributed by atoms with van der Waals surface area (Å²) in [4.78, 5) is 31.5. The van der Waals surface area contributed by atoms with E-state index in [1.54, 1.807) is 24.4 Å². The highest BCUT2D eigenvalue weighted by Crippen LogP contribution is 2.39. The van der Waals surface area contributed by atoms with Gasteiger partial charge in [0.25, 0.3) is 5.91 Å². The quantitative estimate of drug-likeness (QED) is 0.470. The van der Waals surface area contributed by atoms with Crippen LogP contribution in [0, 0.1) is 11.7 Å². The van der Waals surface area contributed by atoms with Gasteiger partial charge in [-0.05, 0) is 43.0 Å². The summed E-state index contributed by atoms with van der Waals surface area (Å²) in [7, 11) is 1.38. The zero-order valence-electron chi connectivity index (χ0n) is 17.9. The molecule has 0 radical (unpaired) electrons. The number of thiol groups is 1. The molecule has 0 bridgehead atoms. The summed E-state index contributed by atoms with van der Waals surface area (Å²) in [5.74, 6) is -0.537. The van der Waals surface area contributed by atoms with Crippen LogP contribution in [0.3, 0.4) is 0 Å². The Hall–Kier alpha value is -2.49. The molecule has 7 nitrogen and oxygen atoms in total. The number of amides is 1. The predicted molar refractivity (Wildman–Crippen MR) is 121 cm³/mol. The summed E-state index contributed by atoms with van der Waals surface area (Å²) in [5, 5.41) is 4.44. The number of benzene rings is 1. The number of hydrogen-bond donors (Lipinski definition) is 2. The molecule has 170 valence electrons. The normalized spacial score (nSPS) is 21.5. The third-order valence-corrected chi connectivity index (χ3v) is 6.42. The van der Waals surface area contributed by atoms with E-state index in [0.717, 1.165) is 24.8 Å². The van der Waals surface area contributed by atoms with Gasteiger partial charge in [0.2, 0.25) is 0 Å². The molecular formula is C23H27FN4O3S. The topological polar surface area (TPSA) is 76.5 Å². The van der Waals surface area contributed by atoms with E-state index in [4.69, 9.17) is 12.6 Å². The summed E-state index contributed by atoms with van der Waals surface area (Å²) >= 11 is 4.73. The van der Waals surface area contributed by atoms with Gasteiger partial charge < -0.3 is 0 Å². The maximum Gasteiger partial charge on any atom is 0.265 e. The Bertz CT molecular complexity index is 1020. The molecule has 2 aromatic rings. The van der Waals surface area contributed by atoms with E-state index >= 15 is 0 Å². The molecule has 1 aliphatic carbocycles. The number of halogens is 1. The lowest BCUT2D eigenvalue weighted by atomic mass is 9.93. The van der Waals surface area contributed by atoms with Gasteiger partial charge in [0.15, 0.2) is 5.78 Å². The van der Waals surface area contributed by atoms with Gasteiger partial charge in [-0.25, -0.2) is 9.87 Å². The van der Waals surface area contributed by atoms with Gasteiger partial charge in [-0.1, -0.05) is 18.2 Å². The first-order valence-corrected chi connectivity index (χ1v) is 11.2. The number of likely N-dealkylation sites (tertiary alicyclic amines) is 1. The van der Waals surface area contributed by atoms with Crippen molar-refractivity contribution in [2.45, 2.75) is 37.1 Å². The van der Waals surface area contributed by atoms with E-state index in [0.29, 0.717) is 24.3 Å². The summed E-state index contributed by atoms with van der Waals surface area (Å²) in [6, 6.07) is 7.77. The fourth-order valence-electron chi connectivity index (χ4n) is 4.10. The molecule has 1 aromatic carbocycles. The molecule has 2 atom stereocenters. The summed E-state index contributed by atoms with van der Waals surface area (Å²) in [6.07, 6.45) is 6.16. The second-order valence-corrected chi connectivity index (χ2v) is 8.89. The number of hydroxylamine groups is 1. The molecular weight excluding hydrogens is 431 g/mol. The fourth-order valence-corrected chi connectivity index (χ4v) is 4.37. The molecule has 1 N–H and O–H groups in total. The van der Waals surface area contributed by atoms with E-state index in [-0.39, 0.29) is 35.2 Å². The second kappa shape index (κ2) is 9.97. The van der Waals surface area contributed by atoms with Crippen molar-refractivity contribution in [1.82, 2.24) is 20.2 Å². The Morgan fingerprint density at radius 1 is 1.31 bits per heavy atom. The Labute approximate surface area is 192 Å². The number of piperidine rings is 1. The lowest BCUT2D eigenvalue weighted by Gasteiger charge is -2.37. The van der Waals surface area contributed by atoms with Gasteiger partial charge in [-0.15, -0.1) is 0 Å². The maximum atomic E-state index is 14.7. The monoisotopic (exact) mass is 458 g/mol. The van der Waals surface area contributed by atoms with Crippen LogP contribution < -0.4 is 5.48 Å². The Morgan fingerprint density at radius 3 is 2.81 bits per heavy atom. The smallest absolute Gasteiger partial charge is 0.265 e. The van der Waals surface area contributed by atoms with Gasteiger partial charge in [-0.2, -0.15) is 17.7 Å². The molecule has 9 heteroatoms. The number of hydrogen-bond acceptors (Lipinski definition) is 6. The van der Waals surface area contributed by atoms with Gasteiger partial charge in [0.1, 0.15) is 12.4 Å². The van der Waals surface area contributed by atoms with Gasteiger partial charge >= 0.3 is 0 Å². The van der Waals surface area contributed by atoms with Crippen LogP contribution in [-0.2, 0) is 21.0 Å². The number of aromatic nitrogens is 2. The van der Waals surface area contributed by atoms with Crippen LogP contribution in [-0.4, -0.2) is 51.8 Å². The van der Waals surface area contributed by atoms with Crippen molar-refractivity contribution >= 4 is 30.4 Å². The number of carbonyl (C=O) groups is 2. The van der Waals surface area contributed by atoms with Crippen molar-refractivity contribution in [2.75, 3.05) is 20.2 Å². The Morgan fingerprint density at radius 2 is 2.09 bits per heavy atom. The van der Waals surface area contributed by atoms with Crippen molar-refractivity contribution in [3.8, 4) is 0 Å². The minimum atomic E-state index is -0.594. The van der Waals surface area contributed by atoms with Crippen LogP contribution in [0.4, 0.5) is 4.39 Å². The molecule has 2 fully saturated rings. The lowest BCUT2D eigenvalue weighted by Crippen LogP contribution is -2.42. The van der Waals surface area contributed by atoms with E-state index in [1.165, 1.54) is 17.9 Å². The zero-order valence-corrected chi connectivity index (χ0v) is 18.8. The van der Waals surface area contributed by atoms with Gasteiger partial charge in [0.05, 0.1) is 18.8 Å². The van der Waals surface area contributed by atoms with Gasteiger partial charge in [-0.3, -0.25) is 24.0 Å². The van der Waals surface area contributed by atoms with Crippen LogP contribution in [0.5, 0.6) is 0 Å². The third-order valence-electron chi connectivity index (χ3n) is 5.83. The largest absolute Gasteiger partial charge is 0.297 e. The van der Waals surface area contributed by atoms with Crippen molar-refractivity contribution in [2.24, 2.45) is 5.92 Å². The molecule has 32 heavy (non-hydrogen) atoms. The van der Waals surface area contributed by atoms with Crippen molar-refractivity contribution in [3.05, 3.63) is 59.2 Å². The molecule has 0 spiro atoms. The SMILES string of the molecule is CONC(=O)Cn1ccc(/C=C2\CN(C(C(=O)C3CC3)c3ccccc3F)CCC2S)n1. The fraction of sp³-hybridized carbons (Fsp3) is 0.435. The average molecular weight is 459 g/mol. The molecule has 2 heterocycles. The number of rotatable bonds is 8. The van der Waals surface area contributed by atoms with E-state index in [2.05, 4.69) is 20.3 Å². The standard InChI is InChI=1S/C23H27FN4O3S/c1-31-26-21(29)14-28-11-8-17(25-28)12-16-13-27(10-9-20(16)32)22(23(30)15-6-7-15)18-4-2-3-5-19(18)24/h2-5,8,11-12,15,20,22,32H,6-7,9-10,13-14H2,1H3,(H,26,29)/b16-12+. The maximum absolute atomic E-state index is 14.7. The first-order chi connectivity index (χ1) is 15.5. The van der Waals surface area contributed by atoms with Gasteiger partial charge in [0, 0.05) is 36.0 Å². The molecule has 1 saturated heterocycles. The minimum Gasteiger partial charge on any atom is -0.297 e. The summed E-state index contributed by atoms with van der Waals surface area (Å²) in [6.45, 7) is 1.20. The highest BCUT2D eigenvalue weighted by atomic mass is 32.1. The lowest BCUT2D eigenvalue weighted by molar-refractivity contribution is -0.132. The molecule has 1 aromatic heterocycles. The number of carbonyl (C=O) groups excluding carboxylic acids is 2. The second-order valence-electron chi connectivity index (χ2n) is 8.26.